The van der Waals surface area contributed by atoms with E-state index in [1.807, 2.05) is 0 Å². The van der Waals surface area contributed by atoms with Crippen LogP contribution in [-0.2, 0) is 19.1 Å². The highest BCUT2D eigenvalue weighted by Gasteiger charge is 2.61. The molecule has 5 heteroatoms. The maximum absolute atomic E-state index is 12.1. The van der Waals surface area contributed by atoms with Gasteiger partial charge in [0.05, 0.1) is 13.2 Å². The smallest absolute Gasteiger partial charge is 0.327 e. The van der Waals surface area contributed by atoms with Crippen LogP contribution in [0.5, 0.6) is 0 Å². The van der Waals surface area contributed by atoms with E-state index in [0.29, 0.717) is 18.4 Å². The fraction of sp³-hybridized carbons (Fsp3) is 0.571. The van der Waals surface area contributed by atoms with Crippen molar-refractivity contribution in [2.24, 2.45) is 11.3 Å². The molecule has 0 N–H and O–H groups in total. The third-order valence-electron chi connectivity index (χ3n) is 3.31. The van der Waals surface area contributed by atoms with Crippen LogP contribution in [0.25, 0.3) is 0 Å². The molecule has 0 spiro atoms. The Kier molecular flexibility index (Phi) is 5.35. The third-order valence-corrected chi connectivity index (χ3v) is 3.63. The molecular formula is C14H19BrO4. The zero-order valence-electron chi connectivity index (χ0n) is 11.3. The number of rotatable bonds is 6. The topological polar surface area (TPSA) is 52.6 Å². The second-order valence-corrected chi connectivity index (χ2v) is 5.62. The highest BCUT2D eigenvalue weighted by atomic mass is 79.9. The van der Waals surface area contributed by atoms with Crippen LogP contribution in [-0.4, -0.2) is 25.2 Å². The van der Waals surface area contributed by atoms with Gasteiger partial charge in [-0.15, -0.1) is 0 Å². The number of halogens is 1. The summed E-state index contributed by atoms with van der Waals surface area (Å²) in [6.45, 7) is 11.5. The molecule has 1 fully saturated rings. The van der Waals surface area contributed by atoms with Crippen LogP contribution < -0.4 is 0 Å². The van der Waals surface area contributed by atoms with Gasteiger partial charge in [0.2, 0.25) is 0 Å². The van der Waals surface area contributed by atoms with Crippen LogP contribution in [0, 0.1) is 11.3 Å². The van der Waals surface area contributed by atoms with Crippen LogP contribution in [0.3, 0.4) is 0 Å². The predicted octanol–water partition coefficient (Wildman–Crippen LogP) is 2.97. The van der Waals surface area contributed by atoms with Gasteiger partial charge in [-0.3, -0.25) is 9.59 Å². The van der Waals surface area contributed by atoms with Crippen molar-refractivity contribution in [3.63, 3.8) is 0 Å². The Bertz CT molecular complexity index is 396. The number of carbonyl (C=O) groups excluding carboxylic acids is 2. The Labute approximate surface area is 122 Å². The predicted molar refractivity (Wildman–Crippen MR) is 75.6 cm³/mol. The van der Waals surface area contributed by atoms with E-state index in [1.165, 1.54) is 0 Å². The molecule has 1 aliphatic carbocycles. The minimum atomic E-state index is -1.32. The molecule has 0 aromatic heterocycles. The molecule has 0 amide bonds. The molecule has 1 saturated carbocycles. The van der Waals surface area contributed by atoms with E-state index in [0.717, 1.165) is 4.48 Å². The van der Waals surface area contributed by atoms with E-state index >= 15 is 0 Å². The zero-order chi connectivity index (χ0) is 14.6. The lowest BCUT2D eigenvalue weighted by Gasteiger charge is -2.45. The average Bonchev–Trinajstić information content (AvgIpc) is 2.33. The van der Waals surface area contributed by atoms with Crippen LogP contribution in [0.15, 0.2) is 23.2 Å². The molecule has 0 radical (unpaired) electrons. The SMILES string of the molecule is C=C(Br)CC1CC(C(=O)OCC)(C(=O)OCC)C1=C. The van der Waals surface area contributed by atoms with Crippen molar-refractivity contribution in [3.05, 3.63) is 23.2 Å². The number of ether oxygens (including phenoxy) is 2. The Balaban J connectivity index is 2.92. The second kappa shape index (κ2) is 6.37. The van der Waals surface area contributed by atoms with Gasteiger partial charge in [0.15, 0.2) is 5.41 Å². The van der Waals surface area contributed by atoms with Gasteiger partial charge in [-0.05, 0) is 42.7 Å². The van der Waals surface area contributed by atoms with Crippen molar-refractivity contribution in [3.8, 4) is 0 Å². The van der Waals surface area contributed by atoms with Crippen molar-refractivity contribution in [1.82, 2.24) is 0 Å². The van der Waals surface area contributed by atoms with Crippen molar-refractivity contribution >= 4 is 27.9 Å². The number of esters is 2. The van der Waals surface area contributed by atoms with Gasteiger partial charge < -0.3 is 9.47 Å². The fourth-order valence-electron chi connectivity index (χ4n) is 2.32. The summed E-state index contributed by atoms with van der Waals surface area (Å²) in [7, 11) is 0. The van der Waals surface area contributed by atoms with Crippen molar-refractivity contribution in [2.45, 2.75) is 26.7 Å². The molecule has 1 unspecified atom stereocenters. The van der Waals surface area contributed by atoms with Crippen LogP contribution in [0.2, 0.25) is 0 Å². The molecule has 0 heterocycles. The lowest BCUT2D eigenvalue weighted by molar-refractivity contribution is -0.175. The van der Waals surface area contributed by atoms with Crippen LogP contribution in [0.1, 0.15) is 26.7 Å². The summed E-state index contributed by atoms with van der Waals surface area (Å²) in [5, 5.41) is 0. The molecule has 1 rings (SSSR count). The molecular weight excluding hydrogens is 312 g/mol. The first-order chi connectivity index (χ1) is 8.90. The highest BCUT2D eigenvalue weighted by molar-refractivity contribution is 9.11. The maximum Gasteiger partial charge on any atom is 0.327 e. The van der Waals surface area contributed by atoms with Gasteiger partial charge in [0.25, 0.3) is 0 Å². The first-order valence-electron chi connectivity index (χ1n) is 6.27. The molecule has 0 aromatic carbocycles. The first-order valence-corrected chi connectivity index (χ1v) is 7.06. The molecule has 106 valence electrons. The van der Waals surface area contributed by atoms with E-state index in [1.54, 1.807) is 13.8 Å². The molecule has 4 nitrogen and oxygen atoms in total. The monoisotopic (exact) mass is 330 g/mol. The van der Waals surface area contributed by atoms with Gasteiger partial charge >= 0.3 is 11.9 Å². The van der Waals surface area contributed by atoms with E-state index < -0.39 is 17.4 Å². The van der Waals surface area contributed by atoms with Gasteiger partial charge in [0, 0.05) is 0 Å². The second-order valence-electron chi connectivity index (χ2n) is 4.49. The normalized spacial score (nSPS) is 20.4. The Hall–Kier alpha value is -1.10. The number of hydrogen-bond donors (Lipinski definition) is 0. The summed E-state index contributed by atoms with van der Waals surface area (Å²) in [5.41, 5.74) is -0.760. The molecule has 0 aromatic rings. The van der Waals surface area contributed by atoms with Crippen molar-refractivity contribution in [1.29, 1.82) is 0 Å². The third kappa shape index (κ3) is 2.91. The lowest BCUT2D eigenvalue weighted by Crippen LogP contribution is -2.53. The molecule has 0 saturated heterocycles. The molecule has 1 aliphatic rings. The summed E-state index contributed by atoms with van der Waals surface area (Å²) >= 11 is 3.28. The molecule has 19 heavy (non-hydrogen) atoms. The molecule has 1 atom stereocenters. The average molecular weight is 331 g/mol. The van der Waals surface area contributed by atoms with E-state index in [4.69, 9.17) is 9.47 Å². The van der Waals surface area contributed by atoms with Gasteiger partial charge in [-0.25, -0.2) is 0 Å². The van der Waals surface area contributed by atoms with Gasteiger partial charge in [-0.1, -0.05) is 29.1 Å². The van der Waals surface area contributed by atoms with Crippen molar-refractivity contribution in [2.75, 3.05) is 13.2 Å². The zero-order valence-corrected chi connectivity index (χ0v) is 12.9. The first kappa shape index (κ1) is 16.0. The van der Waals surface area contributed by atoms with Gasteiger partial charge in [0.1, 0.15) is 0 Å². The molecule has 0 bridgehead atoms. The quantitative estimate of drug-likeness (QED) is 0.427. The summed E-state index contributed by atoms with van der Waals surface area (Å²) in [5.74, 6) is -1.06. The number of carbonyl (C=O) groups is 2. The Morgan fingerprint density at radius 2 is 1.79 bits per heavy atom. The van der Waals surface area contributed by atoms with E-state index in [2.05, 4.69) is 29.1 Å². The van der Waals surface area contributed by atoms with Gasteiger partial charge in [-0.2, -0.15) is 0 Å². The number of hydrogen-bond acceptors (Lipinski definition) is 4. The standard InChI is InChI=1S/C14H19BrO4/c1-5-18-12(16)14(13(17)19-6-2)8-11(10(14)4)7-9(3)15/h11H,3-8H2,1-2H3. The lowest BCUT2D eigenvalue weighted by atomic mass is 9.57. The van der Waals surface area contributed by atoms with Crippen molar-refractivity contribution < 1.29 is 19.1 Å². The van der Waals surface area contributed by atoms with E-state index in [-0.39, 0.29) is 19.1 Å². The summed E-state index contributed by atoms with van der Waals surface area (Å²) in [6, 6.07) is 0. The minimum Gasteiger partial charge on any atom is -0.465 e. The Morgan fingerprint density at radius 1 is 1.32 bits per heavy atom. The summed E-state index contributed by atoms with van der Waals surface area (Å²) < 4.78 is 10.8. The van der Waals surface area contributed by atoms with E-state index in [9.17, 15) is 9.59 Å². The summed E-state index contributed by atoms with van der Waals surface area (Å²) in [4.78, 5) is 24.2. The number of allylic oxidation sites excluding steroid dienone is 1. The summed E-state index contributed by atoms with van der Waals surface area (Å²) in [6.07, 6.45) is 1.02. The maximum atomic E-state index is 12.1. The fourth-order valence-corrected chi connectivity index (χ4v) is 2.72. The van der Waals surface area contributed by atoms with Crippen LogP contribution in [0.4, 0.5) is 0 Å². The Morgan fingerprint density at radius 3 is 2.11 bits per heavy atom. The highest BCUT2D eigenvalue weighted by Crippen LogP contribution is 2.54. The minimum absolute atomic E-state index is 0.0562. The molecule has 0 aliphatic heterocycles. The van der Waals surface area contributed by atoms with Crippen LogP contribution >= 0.6 is 15.9 Å². The largest absolute Gasteiger partial charge is 0.465 e.